The van der Waals surface area contributed by atoms with Gasteiger partial charge in [-0.15, -0.1) is 0 Å². The number of alkyl halides is 3. The maximum atomic E-state index is 12.7. The molecule has 0 unspecified atom stereocenters. The Morgan fingerprint density at radius 3 is 2.55 bits per heavy atom. The minimum absolute atomic E-state index is 0.202. The van der Waals surface area contributed by atoms with Crippen molar-refractivity contribution in [3.63, 3.8) is 0 Å². The lowest BCUT2D eigenvalue weighted by Crippen LogP contribution is -2.36. The number of halogens is 3. The van der Waals surface area contributed by atoms with Crippen LogP contribution in [0.4, 0.5) is 18.9 Å². The van der Waals surface area contributed by atoms with Gasteiger partial charge in [-0.3, -0.25) is 0 Å². The lowest BCUT2D eigenvalue weighted by atomic mass is 10.1. The van der Waals surface area contributed by atoms with Crippen LogP contribution in [0.25, 0.3) is 0 Å². The molecule has 0 bridgehead atoms. The lowest BCUT2D eigenvalue weighted by molar-refractivity contribution is -0.119. The van der Waals surface area contributed by atoms with E-state index >= 15 is 0 Å². The number of anilines is 1. The highest BCUT2D eigenvalue weighted by atomic mass is 19.4. The van der Waals surface area contributed by atoms with E-state index in [1.807, 2.05) is 0 Å². The third kappa shape index (κ3) is 4.04. The number of hydrogen-bond acceptors (Lipinski definition) is 3. The average molecular weight is 289 g/mol. The van der Waals surface area contributed by atoms with Gasteiger partial charge in [0, 0.05) is 12.1 Å². The van der Waals surface area contributed by atoms with E-state index in [-0.39, 0.29) is 12.4 Å². The minimum Gasteiger partial charge on any atom is -0.409 e. The van der Waals surface area contributed by atoms with Crippen LogP contribution in [0.2, 0.25) is 0 Å². The Balaban J connectivity index is 3.31. The summed E-state index contributed by atoms with van der Waals surface area (Å²) in [4.78, 5) is 1.21. The number of oxime groups is 1. The molecule has 0 aliphatic heterocycles. The summed E-state index contributed by atoms with van der Waals surface area (Å²) in [6.45, 7) is 2.65. The molecule has 0 spiro atoms. The quantitative estimate of drug-likeness (QED) is 0.379. The Hall–Kier alpha value is -1.92. The Morgan fingerprint density at radius 2 is 2.05 bits per heavy atom. The normalized spacial score (nSPS) is 12.6. The fourth-order valence-electron chi connectivity index (χ4n) is 2.10. The highest BCUT2D eigenvalue weighted by molar-refractivity contribution is 6.02. The number of benzene rings is 1. The van der Waals surface area contributed by atoms with Crippen molar-refractivity contribution in [2.45, 2.75) is 26.4 Å². The molecule has 0 heterocycles. The third-order valence-corrected chi connectivity index (χ3v) is 2.80. The van der Waals surface area contributed by atoms with Crippen LogP contribution in [0.1, 0.15) is 24.5 Å². The van der Waals surface area contributed by atoms with Gasteiger partial charge in [-0.05, 0) is 25.0 Å². The van der Waals surface area contributed by atoms with Crippen LogP contribution in [0.5, 0.6) is 0 Å². The number of amidine groups is 1. The van der Waals surface area contributed by atoms with Crippen molar-refractivity contribution in [1.29, 1.82) is 0 Å². The maximum Gasteiger partial charge on any atom is 0.405 e. The van der Waals surface area contributed by atoms with Gasteiger partial charge >= 0.3 is 6.18 Å². The second-order valence-corrected chi connectivity index (χ2v) is 4.49. The van der Waals surface area contributed by atoms with Crippen molar-refractivity contribution >= 4 is 11.5 Å². The fraction of sp³-hybridized carbons (Fsp3) is 0.462. The Morgan fingerprint density at radius 1 is 1.40 bits per heavy atom. The van der Waals surface area contributed by atoms with Crippen molar-refractivity contribution in [2.75, 3.05) is 18.0 Å². The van der Waals surface area contributed by atoms with Crippen molar-refractivity contribution in [2.24, 2.45) is 10.9 Å². The van der Waals surface area contributed by atoms with E-state index in [1.165, 1.54) is 11.0 Å². The van der Waals surface area contributed by atoms with Gasteiger partial charge in [0.25, 0.3) is 0 Å². The summed E-state index contributed by atoms with van der Waals surface area (Å²) in [5.41, 5.74) is 6.84. The van der Waals surface area contributed by atoms with Gasteiger partial charge in [0.1, 0.15) is 6.54 Å². The van der Waals surface area contributed by atoms with Crippen molar-refractivity contribution < 1.29 is 18.4 Å². The van der Waals surface area contributed by atoms with Crippen molar-refractivity contribution in [3.8, 4) is 0 Å². The molecular formula is C13H18F3N3O. The Labute approximate surface area is 115 Å². The molecule has 0 saturated heterocycles. The van der Waals surface area contributed by atoms with Crippen LogP contribution < -0.4 is 10.6 Å². The van der Waals surface area contributed by atoms with Gasteiger partial charge in [0.05, 0.1) is 5.69 Å². The maximum absolute atomic E-state index is 12.7. The van der Waals surface area contributed by atoms with E-state index in [9.17, 15) is 13.2 Å². The van der Waals surface area contributed by atoms with Crippen LogP contribution >= 0.6 is 0 Å². The van der Waals surface area contributed by atoms with E-state index in [0.717, 1.165) is 0 Å². The summed E-state index contributed by atoms with van der Waals surface area (Å²) in [5, 5.41) is 11.7. The van der Waals surface area contributed by atoms with Gasteiger partial charge in [-0.2, -0.15) is 13.2 Å². The van der Waals surface area contributed by atoms with Crippen LogP contribution in [0.15, 0.2) is 23.4 Å². The third-order valence-electron chi connectivity index (χ3n) is 2.80. The zero-order chi connectivity index (χ0) is 15.3. The summed E-state index contributed by atoms with van der Waals surface area (Å²) >= 11 is 0. The van der Waals surface area contributed by atoms with Crippen LogP contribution in [-0.4, -0.2) is 30.3 Å². The molecule has 1 aromatic carbocycles. The predicted molar refractivity (Wildman–Crippen MR) is 72.2 cm³/mol. The lowest BCUT2D eigenvalue weighted by Gasteiger charge is -2.29. The Kier molecular flexibility index (Phi) is 5.24. The molecular weight excluding hydrogens is 271 g/mol. The highest BCUT2D eigenvalue weighted by Crippen LogP contribution is 2.28. The molecule has 0 aromatic heterocycles. The fourth-order valence-corrected chi connectivity index (χ4v) is 2.10. The second kappa shape index (κ2) is 6.49. The summed E-state index contributed by atoms with van der Waals surface area (Å²) in [6, 6.07) is 4.89. The predicted octanol–water partition coefficient (Wildman–Crippen LogP) is 2.87. The Bertz CT molecular complexity index is 486. The number of para-hydroxylation sites is 1. The molecule has 0 amide bonds. The molecule has 0 fully saturated rings. The van der Waals surface area contributed by atoms with Gasteiger partial charge in [0.15, 0.2) is 5.84 Å². The number of nitrogens with two attached hydrogens (primary N) is 1. The first-order chi connectivity index (χ1) is 9.30. The number of rotatable bonds is 5. The highest BCUT2D eigenvalue weighted by Gasteiger charge is 2.32. The molecule has 0 aliphatic carbocycles. The number of nitrogens with zero attached hydrogens (tertiary/aromatic N) is 2. The molecule has 7 heteroatoms. The molecule has 20 heavy (non-hydrogen) atoms. The molecule has 0 radical (unpaired) electrons. The molecule has 0 atom stereocenters. The van der Waals surface area contributed by atoms with Crippen LogP contribution in [0, 0.1) is 6.92 Å². The van der Waals surface area contributed by atoms with E-state index in [4.69, 9.17) is 10.9 Å². The monoisotopic (exact) mass is 289 g/mol. The summed E-state index contributed by atoms with van der Waals surface area (Å²) in [6.07, 6.45) is -3.76. The van der Waals surface area contributed by atoms with E-state index in [0.29, 0.717) is 23.2 Å². The van der Waals surface area contributed by atoms with Crippen LogP contribution in [-0.2, 0) is 0 Å². The standard InChI is InChI=1S/C13H18F3N3O/c1-3-7-19(8-13(14,15)16)11-9(2)5-4-6-10(11)12(17)18-20/h4-6,20H,3,7-8H2,1-2H3,(H2,17,18). The minimum atomic E-state index is -4.32. The largest absolute Gasteiger partial charge is 0.409 e. The van der Waals surface area contributed by atoms with Gasteiger partial charge in [0.2, 0.25) is 0 Å². The summed E-state index contributed by atoms with van der Waals surface area (Å²) in [7, 11) is 0. The van der Waals surface area contributed by atoms with Crippen molar-refractivity contribution in [3.05, 3.63) is 29.3 Å². The summed E-state index contributed by atoms with van der Waals surface area (Å²) < 4.78 is 38.1. The first kappa shape index (κ1) is 16.1. The van der Waals surface area contributed by atoms with E-state index in [1.54, 1.807) is 26.0 Å². The first-order valence-electron chi connectivity index (χ1n) is 6.19. The number of hydrogen-bond donors (Lipinski definition) is 2. The van der Waals surface area contributed by atoms with Crippen LogP contribution in [0.3, 0.4) is 0 Å². The van der Waals surface area contributed by atoms with E-state index in [2.05, 4.69) is 5.16 Å². The molecule has 0 aliphatic rings. The molecule has 3 N–H and O–H groups in total. The molecule has 1 rings (SSSR count). The molecule has 0 saturated carbocycles. The van der Waals surface area contributed by atoms with Gasteiger partial charge in [-0.1, -0.05) is 24.2 Å². The molecule has 4 nitrogen and oxygen atoms in total. The topological polar surface area (TPSA) is 61.8 Å². The summed E-state index contributed by atoms with van der Waals surface area (Å²) in [5.74, 6) is -0.202. The zero-order valence-electron chi connectivity index (χ0n) is 11.4. The smallest absolute Gasteiger partial charge is 0.405 e. The average Bonchev–Trinajstić information content (AvgIpc) is 2.35. The van der Waals surface area contributed by atoms with Gasteiger partial charge < -0.3 is 15.8 Å². The zero-order valence-corrected chi connectivity index (χ0v) is 11.4. The first-order valence-corrected chi connectivity index (χ1v) is 6.19. The molecule has 112 valence electrons. The number of aryl methyl sites for hydroxylation is 1. The van der Waals surface area contributed by atoms with E-state index < -0.39 is 12.7 Å². The SMILES string of the molecule is CCCN(CC(F)(F)F)c1c(C)cccc1/C(N)=N/O. The van der Waals surface area contributed by atoms with Crippen molar-refractivity contribution in [1.82, 2.24) is 0 Å². The molecule has 1 aromatic rings. The van der Waals surface area contributed by atoms with Gasteiger partial charge in [-0.25, -0.2) is 0 Å². The second-order valence-electron chi connectivity index (χ2n) is 4.49.